The van der Waals surface area contributed by atoms with E-state index in [1.54, 1.807) is 31.2 Å². The smallest absolute Gasteiger partial charge is 0.484 e. The maximum absolute atomic E-state index is 14.1. The maximum Gasteiger partial charge on any atom is 0.586 e. The molecule has 224 valence electrons. The summed E-state index contributed by atoms with van der Waals surface area (Å²) in [5, 5.41) is 13.5. The highest BCUT2D eigenvalue weighted by atomic mass is 19.4. The number of carbonyl (C=O) groups is 1. The van der Waals surface area contributed by atoms with Crippen LogP contribution in [0.15, 0.2) is 60.8 Å². The number of para-hydroxylation sites is 1. The van der Waals surface area contributed by atoms with Crippen LogP contribution < -0.4 is 18.9 Å². The predicted molar refractivity (Wildman–Crippen MR) is 138 cm³/mol. The fraction of sp³-hybridized carbons (Fsp3) is 0.276. The van der Waals surface area contributed by atoms with Gasteiger partial charge >= 0.3 is 18.4 Å². The summed E-state index contributed by atoms with van der Waals surface area (Å²) < 4.78 is 91.1. The predicted octanol–water partition coefficient (Wildman–Crippen LogP) is 6.90. The second-order valence-electron chi connectivity index (χ2n) is 9.90. The van der Waals surface area contributed by atoms with Gasteiger partial charge in [-0.3, -0.25) is 4.98 Å². The molecule has 6 rings (SSSR count). The van der Waals surface area contributed by atoms with Crippen LogP contribution in [-0.4, -0.2) is 32.1 Å². The summed E-state index contributed by atoms with van der Waals surface area (Å²) in [6, 6.07) is 13.3. The Morgan fingerprint density at radius 2 is 1.88 bits per heavy atom. The minimum absolute atomic E-state index is 0.0223. The van der Waals surface area contributed by atoms with Crippen LogP contribution in [0, 0.1) is 0 Å². The number of fused-ring (bicyclic) bond motifs is 2. The minimum Gasteiger partial charge on any atom is -0.484 e. The fourth-order valence-corrected chi connectivity index (χ4v) is 5.13. The van der Waals surface area contributed by atoms with E-state index in [-0.39, 0.29) is 57.6 Å². The molecule has 1 unspecified atom stereocenters. The van der Waals surface area contributed by atoms with Crippen molar-refractivity contribution in [1.29, 1.82) is 0 Å². The van der Waals surface area contributed by atoms with Gasteiger partial charge in [0.05, 0.1) is 23.3 Å². The van der Waals surface area contributed by atoms with Gasteiger partial charge in [0.15, 0.2) is 17.2 Å². The van der Waals surface area contributed by atoms with Crippen molar-refractivity contribution in [2.24, 2.45) is 0 Å². The van der Waals surface area contributed by atoms with E-state index in [0.717, 1.165) is 10.9 Å². The summed E-state index contributed by atoms with van der Waals surface area (Å²) in [5.41, 5.74) is -0.575. The van der Waals surface area contributed by atoms with Crippen LogP contribution in [0.5, 0.6) is 23.0 Å². The Bertz CT molecular complexity index is 1710. The Morgan fingerprint density at radius 1 is 1.12 bits per heavy atom. The van der Waals surface area contributed by atoms with Gasteiger partial charge in [-0.15, -0.1) is 8.78 Å². The second kappa shape index (κ2) is 10.4. The van der Waals surface area contributed by atoms with Crippen LogP contribution in [-0.2, 0) is 12.6 Å². The van der Waals surface area contributed by atoms with Gasteiger partial charge < -0.3 is 24.1 Å². The monoisotopic (exact) mass is 603 g/mol. The molecule has 4 aromatic rings. The average molecular weight is 604 g/mol. The molecular weight excluding hydrogens is 581 g/mol. The first-order valence-electron chi connectivity index (χ1n) is 13.1. The Labute approximate surface area is 240 Å². The number of halogens is 5. The summed E-state index contributed by atoms with van der Waals surface area (Å²) in [5.74, 6) is -1.42. The largest absolute Gasteiger partial charge is 0.586 e. The Balaban J connectivity index is 1.34. The molecule has 1 N–H and O–H groups in total. The lowest BCUT2D eigenvalue weighted by Crippen LogP contribution is -2.25. The van der Waals surface area contributed by atoms with Crippen molar-refractivity contribution in [3.05, 3.63) is 89.0 Å². The Morgan fingerprint density at radius 3 is 2.65 bits per heavy atom. The zero-order chi connectivity index (χ0) is 30.5. The molecular formula is C29H22F5N3O6. The minimum atomic E-state index is -4.75. The van der Waals surface area contributed by atoms with E-state index >= 15 is 0 Å². The van der Waals surface area contributed by atoms with E-state index < -0.39 is 36.3 Å². The summed E-state index contributed by atoms with van der Waals surface area (Å²) >= 11 is 0. The van der Waals surface area contributed by atoms with Gasteiger partial charge in [-0.05, 0) is 50.5 Å². The third-order valence-corrected chi connectivity index (χ3v) is 6.98. The molecule has 3 heterocycles. The fourth-order valence-electron chi connectivity index (χ4n) is 5.13. The quantitative estimate of drug-likeness (QED) is 0.228. The van der Waals surface area contributed by atoms with Crippen LogP contribution in [0.3, 0.4) is 0 Å². The van der Waals surface area contributed by atoms with Crippen LogP contribution in [0.2, 0.25) is 0 Å². The lowest BCUT2D eigenvalue weighted by atomic mass is 9.92. The highest BCUT2D eigenvalue weighted by molar-refractivity contribution is 5.90. The zero-order valence-electron chi connectivity index (χ0n) is 22.3. The second-order valence-corrected chi connectivity index (χ2v) is 9.90. The van der Waals surface area contributed by atoms with Crippen molar-refractivity contribution in [2.45, 2.75) is 50.9 Å². The number of hydrogen-bond donors (Lipinski definition) is 1. The number of carboxylic acids is 1. The molecule has 0 spiro atoms. The zero-order valence-corrected chi connectivity index (χ0v) is 22.3. The summed E-state index contributed by atoms with van der Waals surface area (Å²) in [6.45, 7) is 1.61. The number of rotatable bonds is 7. The van der Waals surface area contributed by atoms with Crippen molar-refractivity contribution >= 4 is 5.97 Å². The van der Waals surface area contributed by atoms with Gasteiger partial charge in [0.2, 0.25) is 0 Å². The molecule has 2 aromatic carbocycles. The Hall–Kier alpha value is -4.88. The van der Waals surface area contributed by atoms with E-state index in [1.165, 1.54) is 30.3 Å². The molecule has 9 nitrogen and oxygen atoms in total. The lowest BCUT2D eigenvalue weighted by Gasteiger charge is -2.26. The van der Waals surface area contributed by atoms with Gasteiger partial charge in [0, 0.05) is 17.7 Å². The van der Waals surface area contributed by atoms with Gasteiger partial charge in [0.25, 0.3) is 0 Å². The highest BCUT2D eigenvalue weighted by Gasteiger charge is 2.44. The molecule has 1 aliphatic heterocycles. The van der Waals surface area contributed by atoms with Crippen molar-refractivity contribution in [3.8, 4) is 28.7 Å². The molecule has 0 bridgehead atoms. The van der Waals surface area contributed by atoms with Crippen molar-refractivity contribution in [1.82, 2.24) is 14.8 Å². The number of nitrogens with zero attached hydrogens (tertiary/aromatic N) is 3. The maximum atomic E-state index is 14.1. The third kappa shape index (κ3) is 5.51. The average Bonchev–Trinajstić information content (AvgIpc) is 3.50. The van der Waals surface area contributed by atoms with Crippen molar-refractivity contribution in [2.75, 3.05) is 0 Å². The standard InChI is InChI=1S/C29H22F5N3O6/c1-15(20-13-23-24(14-35-20)43-29(33,34)42-23)40-17-7-4-6-16(12-17)37-25-19(26(36-37)28(30,31)32)9-5-11-22(25)41-21-10-3-2-8-18(21)27(38)39/h2-4,6-8,10,12-15,22H,5,9,11H2,1H3,(H,38,39)/t15-,22?/m0/s1. The lowest BCUT2D eigenvalue weighted by molar-refractivity contribution is -0.286. The number of aromatic nitrogens is 3. The number of benzene rings is 2. The molecule has 43 heavy (non-hydrogen) atoms. The summed E-state index contributed by atoms with van der Waals surface area (Å²) in [7, 11) is 0. The Kier molecular flexibility index (Phi) is 6.86. The number of alkyl halides is 5. The number of aromatic carboxylic acids is 1. The molecule has 0 amide bonds. The first kappa shape index (κ1) is 28.2. The first-order chi connectivity index (χ1) is 20.4. The van der Waals surface area contributed by atoms with E-state index in [2.05, 4.69) is 19.6 Å². The summed E-state index contributed by atoms with van der Waals surface area (Å²) in [6.07, 6.45) is -8.38. The highest BCUT2D eigenvalue weighted by Crippen LogP contribution is 2.43. The van der Waals surface area contributed by atoms with Gasteiger partial charge in [0.1, 0.15) is 29.3 Å². The van der Waals surface area contributed by atoms with Crippen LogP contribution >= 0.6 is 0 Å². The molecule has 14 heteroatoms. The van der Waals surface area contributed by atoms with Crippen LogP contribution in [0.25, 0.3) is 5.69 Å². The topological polar surface area (TPSA) is 105 Å². The molecule has 2 atom stereocenters. The normalized spacial score (nSPS) is 17.7. The number of carboxylic acid groups (broad SMARTS) is 1. The summed E-state index contributed by atoms with van der Waals surface area (Å²) in [4.78, 5) is 15.8. The molecule has 1 aliphatic carbocycles. The molecule has 0 saturated carbocycles. The third-order valence-electron chi connectivity index (χ3n) is 6.98. The molecule has 0 fully saturated rings. The molecule has 0 saturated heterocycles. The molecule has 2 aliphatic rings. The van der Waals surface area contributed by atoms with Crippen molar-refractivity contribution in [3.63, 3.8) is 0 Å². The first-order valence-corrected chi connectivity index (χ1v) is 13.1. The number of hydrogen-bond acceptors (Lipinski definition) is 7. The van der Waals surface area contributed by atoms with Gasteiger partial charge in [-0.1, -0.05) is 18.2 Å². The number of pyridine rings is 1. The van der Waals surface area contributed by atoms with Gasteiger partial charge in [-0.25, -0.2) is 9.48 Å². The van der Waals surface area contributed by atoms with E-state index in [0.29, 0.717) is 12.8 Å². The SMILES string of the molecule is C[C@H](Oc1cccc(-n2nc(C(F)(F)F)c3c2C(Oc2ccccc2C(=O)O)CCC3)c1)c1cc2c(cn1)OC(F)(F)O2. The molecule has 2 aromatic heterocycles. The molecule has 0 radical (unpaired) electrons. The van der Waals surface area contributed by atoms with E-state index in [9.17, 15) is 31.9 Å². The van der Waals surface area contributed by atoms with E-state index in [1.807, 2.05) is 0 Å². The van der Waals surface area contributed by atoms with Gasteiger partial charge in [-0.2, -0.15) is 18.3 Å². The van der Waals surface area contributed by atoms with E-state index in [4.69, 9.17) is 9.47 Å². The van der Waals surface area contributed by atoms with Crippen LogP contribution in [0.4, 0.5) is 22.0 Å². The number of ether oxygens (including phenoxy) is 4. The van der Waals surface area contributed by atoms with Crippen molar-refractivity contribution < 1.29 is 50.8 Å². The van der Waals surface area contributed by atoms with Crippen LogP contribution in [0.1, 0.15) is 65.0 Å².